The first-order valence-electron chi connectivity index (χ1n) is 7.19. The number of guanidine groups is 1. The smallest absolute Gasteiger partial charge is 0.193 e. The lowest BCUT2D eigenvalue weighted by molar-refractivity contribution is 0.534. The number of nitrogens with one attached hydrogen (secondary N) is 1. The van der Waals surface area contributed by atoms with Crippen molar-refractivity contribution >= 4 is 16.9 Å². The lowest BCUT2D eigenvalue weighted by atomic mass is 10.1. The fourth-order valence-electron chi connectivity index (χ4n) is 2.81. The van der Waals surface area contributed by atoms with Gasteiger partial charge in [-0.05, 0) is 30.5 Å². The molecule has 1 aliphatic heterocycles. The topological polar surface area (TPSA) is 32.6 Å². The van der Waals surface area contributed by atoms with Crippen LogP contribution in [0.5, 0.6) is 0 Å². The number of nitrogens with zero attached hydrogens (tertiary/aromatic N) is 3. The molecular formula is C16H22N4. The summed E-state index contributed by atoms with van der Waals surface area (Å²) in [5, 5.41) is 4.79. The Bertz CT molecular complexity index is 654. The molecule has 2 heterocycles. The van der Waals surface area contributed by atoms with E-state index in [4.69, 9.17) is 0 Å². The number of aliphatic imine (C=N–C) groups is 1. The lowest BCUT2D eigenvalue weighted by Gasteiger charge is -2.14. The Hall–Kier alpha value is -1.97. The van der Waals surface area contributed by atoms with Crippen molar-refractivity contribution in [3.05, 3.63) is 35.5 Å². The Balaban J connectivity index is 1.72. The molecule has 0 saturated carbocycles. The molecule has 0 spiro atoms. The summed E-state index contributed by atoms with van der Waals surface area (Å²) < 4.78 is 2.22. The summed E-state index contributed by atoms with van der Waals surface area (Å²) in [6.07, 6.45) is 3.26. The molecule has 4 heteroatoms. The molecule has 0 radical (unpaired) electrons. The summed E-state index contributed by atoms with van der Waals surface area (Å²) in [5.74, 6) is 1.03. The Morgan fingerprint density at radius 2 is 2.15 bits per heavy atom. The van der Waals surface area contributed by atoms with Crippen LogP contribution in [0.3, 0.4) is 0 Å². The van der Waals surface area contributed by atoms with E-state index >= 15 is 0 Å². The normalized spacial score (nSPS) is 14.9. The zero-order chi connectivity index (χ0) is 14.1. The molecule has 3 rings (SSSR count). The van der Waals surface area contributed by atoms with Crippen LogP contribution in [0.15, 0.2) is 29.4 Å². The first-order chi connectivity index (χ1) is 9.65. The lowest BCUT2D eigenvalue weighted by Crippen LogP contribution is -2.36. The summed E-state index contributed by atoms with van der Waals surface area (Å²) in [4.78, 5) is 6.63. The monoisotopic (exact) mass is 270 g/mol. The van der Waals surface area contributed by atoms with Crippen LogP contribution in [0.1, 0.15) is 11.1 Å². The highest BCUT2D eigenvalue weighted by Crippen LogP contribution is 2.22. The maximum atomic E-state index is 4.45. The van der Waals surface area contributed by atoms with Gasteiger partial charge < -0.3 is 14.8 Å². The van der Waals surface area contributed by atoms with Crippen LogP contribution in [0.2, 0.25) is 0 Å². The van der Waals surface area contributed by atoms with Crippen molar-refractivity contribution in [1.29, 1.82) is 0 Å². The van der Waals surface area contributed by atoms with Gasteiger partial charge in [-0.3, -0.25) is 4.99 Å². The van der Waals surface area contributed by atoms with E-state index < -0.39 is 0 Å². The number of aryl methyl sites for hydroxylation is 2. The summed E-state index contributed by atoms with van der Waals surface area (Å²) >= 11 is 0. The van der Waals surface area contributed by atoms with Crippen molar-refractivity contribution in [2.45, 2.75) is 13.3 Å². The molecule has 1 aromatic heterocycles. The average Bonchev–Trinajstić information content (AvgIpc) is 2.95. The minimum absolute atomic E-state index is 0.909. The Kier molecular flexibility index (Phi) is 3.38. The molecule has 0 atom stereocenters. The van der Waals surface area contributed by atoms with Crippen LogP contribution < -0.4 is 5.32 Å². The minimum atomic E-state index is 0.909. The minimum Gasteiger partial charge on any atom is -0.356 e. The quantitative estimate of drug-likeness (QED) is 0.924. The van der Waals surface area contributed by atoms with Gasteiger partial charge in [0, 0.05) is 44.3 Å². The third kappa shape index (κ3) is 2.38. The highest BCUT2D eigenvalue weighted by molar-refractivity contribution is 5.85. The van der Waals surface area contributed by atoms with Crippen LogP contribution >= 0.6 is 0 Å². The van der Waals surface area contributed by atoms with Crippen molar-refractivity contribution in [2.75, 3.05) is 26.7 Å². The second kappa shape index (κ2) is 5.19. The number of hydrogen-bond acceptors (Lipinski definition) is 3. The van der Waals surface area contributed by atoms with Gasteiger partial charge in [0.15, 0.2) is 5.96 Å². The molecule has 1 aliphatic rings. The molecule has 0 unspecified atom stereocenters. The van der Waals surface area contributed by atoms with Crippen LogP contribution in [0.25, 0.3) is 10.9 Å². The first kappa shape index (κ1) is 13.0. The molecule has 20 heavy (non-hydrogen) atoms. The SMILES string of the molecule is Cc1ccc2c(CCNC3=NCCN3C)cn(C)c2c1. The number of rotatable bonds is 3. The van der Waals surface area contributed by atoms with Crippen LogP contribution in [-0.4, -0.2) is 42.1 Å². The molecule has 2 aromatic rings. The van der Waals surface area contributed by atoms with Crippen molar-refractivity contribution < 1.29 is 0 Å². The fourth-order valence-corrected chi connectivity index (χ4v) is 2.81. The van der Waals surface area contributed by atoms with Crippen LogP contribution in [-0.2, 0) is 13.5 Å². The van der Waals surface area contributed by atoms with Gasteiger partial charge in [-0.25, -0.2) is 0 Å². The predicted octanol–water partition coefficient (Wildman–Crippen LogP) is 1.92. The Morgan fingerprint density at radius 3 is 2.90 bits per heavy atom. The van der Waals surface area contributed by atoms with Gasteiger partial charge in [-0.1, -0.05) is 12.1 Å². The van der Waals surface area contributed by atoms with Gasteiger partial charge in [-0.15, -0.1) is 0 Å². The number of fused-ring (bicyclic) bond motifs is 1. The molecule has 0 bridgehead atoms. The first-order valence-corrected chi connectivity index (χ1v) is 7.19. The summed E-state index contributed by atoms with van der Waals surface area (Å²) in [6.45, 7) is 5.00. The van der Waals surface area contributed by atoms with Crippen molar-refractivity contribution in [3.63, 3.8) is 0 Å². The second-order valence-electron chi connectivity index (χ2n) is 5.59. The van der Waals surface area contributed by atoms with E-state index in [1.165, 1.54) is 22.0 Å². The van der Waals surface area contributed by atoms with E-state index in [9.17, 15) is 0 Å². The fraction of sp³-hybridized carbons (Fsp3) is 0.438. The van der Waals surface area contributed by atoms with Gasteiger partial charge in [0.2, 0.25) is 0 Å². The van der Waals surface area contributed by atoms with E-state index in [0.29, 0.717) is 0 Å². The van der Waals surface area contributed by atoms with Crippen molar-refractivity contribution in [3.8, 4) is 0 Å². The summed E-state index contributed by atoms with van der Waals surface area (Å²) in [7, 11) is 4.20. The van der Waals surface area contributed by atoms with E-state index in [2.05, 4.69) is 65.2 Å². The highest BCUT2D eigenvalue weighted by atomic mass is 15.3. The zero-order valence-electron chi connectivity index (χ0n) is 12.5. The molecule has 106 valence electrons. The van der Waals surface area contributed by atoms with Gasteiger partial charge in [0.05, 0.1) is 6.54 Å². The molecular weight excluding hydrogens is 248 g/mol. The van der Waals surface area contributed by atoms with Gasteiger partial charge >= 0.3 is 0 Å². The van der Waals surface area contributed by atoms with Gasteiger partial charge in [0.1, 0.15) is 0 Å². The summed E-state index contributed by atoms with van der Waals surface area (Å²) in [5.41, 5.74) is 4.02. The van der Waals surface area contributed by atoms with E-state index in [1.54, 1.807) is 0 Å². The molecule has 1 N–H and O–H groups in total. The van der Waals surface area contributed by atoms with E-state index in [-0.39, 0.29) is 0 Å². The maximum Gasteiger partial charge on any atom is 0.193 e. The third-order valence-electron chi connectivity index (χ3n) is 3.96. The van der Waals surface area contributed by atoms with Crippen molar-refractivity contribution in [1.82, 2.24) is 14.8 Å². The molecule has 4 nitrogen and oxygen atoms in total. The molecule has 0 saturated heterocycles. The van der Waals surface area contributed by atoms with Gasteiger partial charge in [-0.2, -0.15) is 0 Å². The number of aromatic nitrogens is 1. The van der Waals surface area contributed by atoms with Crippen LogP contribution in [0.4, 0.5) is 0 Å². The van der Waals surface area contributed by atoms with Crippen molar-refractivity contribution in [2.24, 2.45) is 12.0 Å². The predicted molar refractivity (Wildman–Crippen MR) is 84.3 cm³/mol. The highest BCUT2D eigenvalue weighted by Gasteiger charge is 2.12. The zero-order valence-corrected chi connectivity index (χ0v) is 12.5. The van der Waals surface area contributed by atoms with Gasteiger partial charge in [0.25, 0.3) is 0 Å². The number of likely N-dealkylation sites (N-methyl/N-ethyl adjacent to an activating group) is 1. The molecule has 1 aromatic carbocycles. The molecule has 0 amide bonds. The number of hydrogen-bond donors (Lipinski definition) is 1. The van der Waals surface area contributed by atoms with E-state index in [1.807, 2.05) is 0 Å². The third-order valence-corrected chi connectivity index (χ3v) is 3.96. The Morgan fingerprint density at radius 1 is 1.30 bits per heavy atom. The average molecular weight is 270 g/mol. The second-order valence-corrected chi connectivity index (χ2v) is 5.59. The maximum absolute atomic E-state index is 4.45. The van der Waals surface area contributed by atoms with E-state index in [0.717, 1.165) is 32.0 Å². The molecule has 0 aliphatic carbocycles. The Labute approximate surface area is 120 Å². The number of benzene rings is 1. The standard InChI is InChI=1S/C16H22N4/c1-12-4-5-14-13(11-20(3)15(14)10-12)6-7-17-16-18-8-9-19(16)2/h4-5,10-11H,6-9H2,1-3H3,(H,17,18). The van der Waals surface area contributed by atoms with Crippen LogP contribution in [0, 0.1) is 6.92 Å². The largest absolute Gasteiger partial charge is 0.356 e. The summed E-state index contributed by atoms with van der Waals surface area (Å²) in [6, 6.07) is 6.67. The molecule has 0 fully saturated rings.